The molecule has 0 aromatic carbocycles. The number of unbranched alkanes of at least 4 members (excludes halogenated alkanes) is 46. The van der Waals surface area contributed by atoms with Gasteiger partial charge in [-0.3, -0.25) is 14.4 Å². The second-order valence-electron chi connectivity index (χ2n) is 24.5. The van der Waals surface area contributed by atoms with Crippen LogP contribution in [-0.4, -0.2) is 37.2 Å². The van der Waals surface area contributed by atoms with Crippen LogP contribution in [-0.2, 0) is 28.6 Å². The predicted octanol–water partition coefficient (Wildman–Crippen LogP) is 25.1. The summed E-state index contributed by atoms with van der Waals surface area (Å²) < 4.78 is 17.0. The van der Waals surface area contributed by atoms with Crippen LogP contribution >= 0.6 is 0 Å². The van der Waals surface area contributed by atoms with Crippen LogP contribution in [0.3, 0.4) is 0 Å². The summed E-state index contributed by atoms with van der Waals surface area (Å²) in [5, 5.41) is 0. The number of hydrogen-bond donors (Lipinski definition) is 0. The summed E-state index contributed by atoms with van der Waals surface area (Å²) in [5.74, 6) is -0.865. The van der Waals surface area contributed by atoms with Gasteiger partial charge in [-0.2, -0.15) is 0 Å². The number of rotatable bonds is 67. The highest BCUT2D eigenvalue weighted by Crippen LogP contribution is 2.18. The van der Waals surface area contributed by atoms with Gasteiger partial charge in [0, 0.05) is 19.3 Å². The highest BCUT2D eigenvalue weighted by Gasteiger charge is 2.19. The summed E-state index contributed by atoms with van der Waals surface area (Å²) in [6.45, 7) is 6.67. The van der Waals surface area contributed by atoms with E-state index < -0.39 is 6.10 Å². The number of allylic oxidation sites excluding steroid dienone is 10. The second-order valence-corrected chi connectivity index (χ2v) is 24.5. The van der Waals surface area contributed by atoms with E-state index in [0.29, 0.717) is 19.3 Å². The van der Waals surface area contributed by atoms with Crippen molar-refractivity contribution in [1.29, 1.82) is 0 Å². The lowest BCUT2D eigenvalue weighted by molar-refractivity contribution is -0.167. The van der Waals surface area contributed by atoms with Crippen molar-refractivity contribution in [3.63, 3.8) is 0 Å². The van der Waals surface area contributed by atoms with Crippen molar-refractivity contribution in [3.05, 3.63) is 60.8 Å². The van der Waals surface area contributed by atoms with Crippen LogP contribution in [0.5, 0.6) is 0 Å². The predicted molar refractivity (Wildman–Crippen MR) is 358 cm³/mol. The van der Waals surface area contributed by atoms with Gasteiger partial charge in [-0.1, -0.05) is 319 Å². The minimum absolute atomic E-state index is 0.0761. The van der Waals surface area contributed by atoms with Crippen LogP contribution in [0, 0.1) is 0 Å². The van der Waals surface area contributed by atoms with E-state index in [1.165, 1.54) is 270 Å². The fraction of sp³-hybridized carbons (Fsp3) is 0.829. The Labute approximate surface area is 510 Å². The average molecular weight is 1150 g/mol. The van der Waals surface area contributed by atoms with Gasteiger partial charge < -0.3 is 14.2 Å². The third-order valence-corrected chi connectivity index (χ3v) is 16.2. The van der Waals surface area contributed by atoms with Crippen LogP contribution in [0.4, 0.5) is 0 Å². The maximum atomic E-state index is 13.0. The molecule has 1 atom stereocenters. The van der Waals surface area contributed by atoms with Crippen LogP contribution in [0.15, 0.2) is 60.8 Å². The summed E-state index contributed by atoms with van der Waals surface area (Å²) >= 11 is 0. The van der Waals surface area contributed by atoms with Gasteiger partial charge in [0.25, 0.3) is 0 Å². The van der Waals surface area contributed by atoms with Crippen molar-refractivity contribution in [2.75, 3.05) is 13.2 Å². The van der Waals surface area contributed by atoms with Crippen molar-refractivity contribution in [2.24, 2.45) is 0 Å². The molecule has 0 heterocycles. The lowest BCUT2D eigenvalue weighted by Gasteiger charge is -2.18. The van der Waals surface area contributed by atoms with Crippen molar-refractivity contribution >= 4 is 17.9 Å². The summed E-state index contributed by atoms with van der Waals surface area (Å²) in [4.78, 5) is 38.5. The van der Waals surface area contributed by atoms with Crippen LogP contribution < -0.4 is 0 Å². The second kappa shape index (κ2) is 70.6. The maximum absolute atomic E-state index is 13.0. The standard InChI is InChI=1S/C76H138O6/c1-4-7-10-13-16-19-22-25-28-30-32-34-36-38-40-42-44-46-48-51-54-57-60-63-66-69-75(78)81-72-73(71-80-74(77)68-65-62-59-56-53-50-27-24-21-18-15-12-9-6-3)82-76(79)70-67-64-61-58-55-52-49-47-45-43-41-39-37-35-33-31-29-26-23-20-17-14-11-8-5-2/h22,24-25,27,30-33,36,38,73H,4-21,23,26,28-29,34-35,37,39-72H2,1-3H3/b25-22-,27-24-,32-30-,33-31-,38-36-. The zero-order valence-corrected chi connectivity index (χ0v) is 55.0. The minimum atomic E-state index is -0.780. The SMILES string of the molecule is CCCCCCC/C=C\C/C=C\C/C=C\CCCCCCCCCCCCC(=O)OCC(COC(=O)CCCCCCC/C=C\CCCCCCC)OC(=O)CCCCCCCCCCCCCCC/C=C\CCCCCCCCCC. The molecule has 0 aliphatic rings. The van der Waals surface area contributed by atoms with Crippen molar-refractivity contribution in [1.82, 2.24) is 0 Å². The van der Waals surface area contributed by atoms with Gasteiger partial charge in [-0.15, -0.1) is 0 Å². The van der Waals surface area contributed by atoms with Gasteiger partial charge in [0.15, 0.2) is 6.10 Å². The molecule has 478 valence electrons. The number of esters is 3. The third kappa shape index (κ3) is 67.9. The lowest BCUT2D eigenvalue weighted by Crippen LogP contribution is -2.30. The highest BCUT2D eigenvalue weighted by atomic mass is 16.6. The summed E-state index contributed by atoms with van der Waals surface area (Å²) in [5.41, 5.74) is 0. The molecule has 0 N–H and O–H groups in total. The Morgan fingerprint density at radius 3 is 0.695 bits per heavy atom. The van der Waals surface area contributed by atoms with E-state index in [9.17, 15) is 14.4 Å². The normalized spacial score (nSPS) is 12.4. The van der Waals surface area contributed by atoms with Crippen LogP contribution in [0.25, 0.3) is 0 Å². The van der Waals surface area contributed by atoms with Gasteiger partial charge in [0.2, 0.25) is 0 Å². The molecular weight excluding hydrogens is 1010 g/mol. The summed E-state index contributed by atoms with van der Waals surface area (Å²) in [6, 6.07) is 0. The van der Waals surface area contributed by atoms with Crippen LogP contribution in [0.2, 0.25) is 0 Å². The van der Waals surface area contributed by atoms with Gasteiger partial charge in [-0.05, 0) is 109 Å². The molecular formula is C76H138O6. The largest absolute Gasteiger partial charge is 0.462 e. The zero-order chi connectivity index (χ0) is 59.2. The molecule has 0 saturated carbocycles. The Kier molecular flexibility index (Phi) is 68.1. The van der Waals surface area contributed by atoms with E-state index in [1.807, 2.05) is 0 Å². The highest BCUT2D eigenvalue weighted by molar-refractivity contribution is 5.71. The number of carbonyl (C=O) groups excluding carboxylic acids is 3. The molecule has 0 radical (unpaired) electrons. The molecule has 0 aliphatic carbocycles. The van der Waals surface area contributed by atoms with Crippen molar-refractivity contribution < 1.29 is 28.6 Å². The number of ether oxygens (including phenoxy) is 3. The first-order chi connectivity index (χ1) is 40.5. The van der Waals surface area contributed by atoms with E-state index in [0.717, 1.165) is 77.0 Å². The maximum Gasteiger partial charge on any atom is 0.306 e. The molecule has 0 fully saturated rings. The van der Waals surface area contributed by atoms with E-state index in [2.05, 4.69) is 81.5 Å². The fourth-order valence-electron chi connectivity index (χ4n) is 10.7. The zero-order valence-electron chi connectivity index (χ0n) is 55.0. The monoisotopic (exact) mass is 1150 g/mol. The molecule has 0 aromatic rings. The van der Waals surface area contributed by atoms with E-state index in [-0.39, 0.29) is 31.1 Å². The summed E-state index contributed by atoms with van der Waals surface area (Å²) in [7, 11) is 0. The van der Waals surface area contributed by atoms with Gasteiger partial charge in [0.05, 0.1) is 0 Å². The Balaban J connectivity index is 4.28. The third-order valence-electron chi connectivity index (χ3n) is 16.2. The molecule has 0 bridgehead atoms. The molecule has 0 spiro atoms. The minimum Gasteiger partial charge on any atom is -0.462 e. The molecule has 0 amide bonds. The Morgan fingerprint density at radius 1 is 0.244 bits per heavy atom. The molecule has 1 unspecified atom stereocenters. The first kappa shape index (κ1) is 79.1. The molecule has 6 nitrogen and oxygen atoms in total. The Hall–Kier alpha value is -2.89. The van der Waals surface area contributed by atoms with E-state index in [4.69, 9.17) is 14.2 Å². The number of hydrogen-bond acceptors (Lipinski definition) is 6. The average Bonchev–Trinajstić information content (AvgIpc) is 3.47. The molecule has 82 heavy (non-hydrogen) atoms. The van der Waals surface area contributed by atoms with Gasteiger partial charge in [-0.25, -0.2) is 0 Å². The van der Waals surface area contributed by atoms with E-state index >= 15 is 0 Å². The lowest BCUT2D eigenvalue weighted by atomic mass is 10.0. The Bertz CT molecular complexity index is 1460. The topological polar surface area (TPSA) is 78.9 Å². The molecule has 0 aromatic heterocycles. The fourth-order valence-corrected chi connectivity index (χ4v) is 10.7. The molecule has 0 aliphatic heterocycles. The molecule has 6 heteroatoms. The molecule has 0 saturated heterocycles. The summed E-state index contributed by atoms with van der Waals surface area (Å²) in [6.07, 6.45) is 91.1. The van der Waals surface area contributed by atoms with Crippen molar-refractivity contribution in [2.45, 2.75) is 393 Å². The Morgan fingerprint density at radius 2 is 0.439 bits per heavy atom. The first-order valence-corrected chi connectivity index (χ1v) is 36.3. The van der Waals surface area contributed by atoms with Gasteiger partial charge in [0.1, 0.15) is 13.2 Å². The van der Waals surface area contributed by atoms with Gasteiger partial charge >= 0.3 is 17.9 Å². The molecule has 0 rings (SSSR count). The first-order valence-electron chi connectivity index (χ1n) is 36.3. The van der Waals surface area contributed by atoms with Crippen LogP contribution in [0.1, 0.15) is 387 Å². The smallest absolute Gasteiger partial charge is 0.306 e. The quantitative estimate of drug-likeness (QED) is 0.0261. The number of carbonyl (C=O) groups is 3. The van der Waals surface area contributed by atoms with Crippen molar-refractivity contribution in [3.8, 4) is 0 Å². The van der Waals surface area contributed by atoms with E-state index in [1.54, 1.807) is 0 Å².